The number of nitrogens with zero attached hydrogens (tertiary/aromatic N) is 2. The number of nitro groups is 1. The van der Waals surface area contributed by atoms with Crippen molar-refractivity contribution in [3.05, 3.63) is 73.9 Å². The summed E-state index contributed by atoms with van der Waals surface area (Å²) in [7, 11) is 0. The molecule has 3 rings (SSSR count). The van der Waals surface area contributed by atoms with E-state index in [1.807, 2.05) is 0 Å². The van der Waals surface area contributed by atoms with Gasteiger partial charge in [0.1, 0.15) is 16.6 Å². The van der Waals surface area contributed by atoms with Crippen molar-refractivity contribution in [2.45, 2.75) is 0 Å². The molecule has 32 heavy (non-hydrogen) atoms. The van der Waals surface area contributed by atoms with Crippen LogP contribution in [0, 0.1) is 15.9 Å². The van der Waals surface area contributed by atoms with Gasteiger partial charge in [0, 0.05) is 19.2 Å². The van der Waals surface area contributed by atoms with Crippen LogP contribution in [-0.2, 0) is 9.59 Å². The first-order valence-electron chi connectivity index (χ1n) is 9.09. The molecule has 0 aliphatic carbocycles. The van der Waals surface area contributed by atoms with E-state index >= 15 is 0 Å². The molecule has 1 saturated heterocycles. The number of nitrogens with one attached hydrogen (secondary N) is 1. The second-order valence-corrected chi connectivity index (χ2v) is 7.79. The third-order valence-electron chi connectivity index (χ3n) is 4.18. The highest BCUT2D eigenvalue weighted by molar-refractivity contribution is 8.18. The van der Waals surface area contributed by atoms with Crippen LogP contribution >= 0.6 is 23.4 Å². The van der Waals surface area contributed by atoms with Gasteiger partial charge in [0.15, 0.2) is 6.61 Å². The van der Waals surface area contributed by atoms with Gasteiger partial charge < -0.3 is 10.1 Å². The molecule has 166 valence electrons. The molecular weight excluding hydrogens is 465 g/mol. The summed E-state index contributed by atoms with van der Waals surface area (Å²) in [6.45, 7) is -0.378. The Morgan fingerprint density at radius 3 is 2.66 bits per heavy atom. The average molecular weight is 480 g/mol. The van der Waals surface area contributed by atoms with E-state index in [4.69, 9.17) is 16.3 Å². The maximum Gasteiger partial charge on any atom is 0.293 e. The maximum atomic E-state index is 12.8. The van der Waals surface area contributed by atoms with E-state index in [1.165, 1.54) is 48.5 Å². The predicted molar refractivity (Wildman–Crippen MR) is 116 cm³/mol. The van der Waals surface area contributed by atoms with E-state index in [9.17, 15) is 28.9 Å². The maximum absolute atomic E-state index is 12.8. The topological polar surface area (TPSA) is 119 Å². The van der Waals surface area contributed by atoms with Crippen molar-refractivity contribution in [1.29, 1.82) is 0 Å². The Hall–Kier alpha value is -3.44. The van der Waals surface area contributed by atoms with Crippen LogP contribution in [0.5, 0.6) is 5.75 Å². The van der Waals surface area contributed by atoms with Gasteiger partial charge in [0.05, 0.1) is 9.83 Å². The highest BCUT2D eigenvalue weighted by atomic mass is 35.5. The molecule has 0 aromatic heterocycles. The van der Waals surface area contributed by atoms with E-state index in [0.29, 0.717) is 23.1 Å². The third-order valence-corrected chi connectivity index (χ3v) is 5.41. The first kappa shape index (κ1) is 23.2. The van der Waals surface area contributed by atoms with Gasteiger partial charge in [-0.05, 0) is 53.7 Å². The zero-order valence-electron chi connectivity index (χ0n) is 16.2. The minimum atomic E-state index is -0.645. The summed E-state index contributed by atoms with van der Waals surface area (Å²) < 4.78 is 18.1. The molecule has 1 N–H and O–H groups in total. The zero-order chi connectivity index (χ0) is 23.3. The molecule has 12 heteroatoms. The normalized spacial score (nSPS) is 14.7. The second-order valence-electron chi connectivity index (χ2n) is 6.39. The highest BCUT2D eigenvalue weighted by Gasteiger charge is 2.34. The Balaban J connectivity index is 1.53. The summed E-state index contributed by atoms with van der Waals surface area (Å²) in [5, 5.41) is 13.0. The lowest BCUT2D eigenvalue weighted by Gasteiger charge is -2.13. The minimum Gasteiger partial charge on any atom is -0.484 e. The molecule has 9 nitrogen and oxygen atoms in total. The average Bonchev–Trinajstić information content (AvgIpc) is 3.01. The lowest BCUT2D eigenvalue weighted by Crippen LogP contribution is -2.38. The Morgan fingerprint density at radius 1 is 1.25 bits per heavy atom. The Kier molecular flexibility index (Phi) is 7.44. The molecule has 0 bridgehead atoms. The first-order chi connectivity index (χ1) is 15.2. The molecule has 3 amide bonds. The Bertz CT molecular complexity index is 1110. The van der Waals surface area contributed by atoms with Crippen molar-refractivity contribution < 1.29 is 28.4 Å². The molecule has 0 saturated carbocycles. The van der Waals surface area contributed by atoms with Crippen molar-refractivity contribution in [3.8, 4) is 5.75 Å². The Labute approximate surface area is 190 Å². The summed E-state index contributed by atoms with van der Waals surface area (Å²) in [5.41, 5.74) is 0.0306. The quantitative estimate of drug-likeness (QED) is 0.349. The number of hydrogen-bond donors (Lipinski definition) is 1. The smallest absolute Gasteiger partial charge is 0.293 e. The number of benzene rings is 2. The van der Waals surface area contributed by atoms with Crippen molar-refractivity contribution in [1.82, 2.24) is 10.2 Å². The molecule has 1 aliphatic rings. The van der Waals surface area contributed by atoms with Crippen molar-refractivity contribution in [2.75, 3.05) is 19.7 Å². The Morgan fingerprint density at radius 2 is 1.97 bits per heavy atom. The molecule has 0 spiro atoms. The second kappa shape index (κ2) is 10.2. The summed E-state index contributed by atoms with van der Waals surface area (Å²) in [6, 6.07) is 9.18. The first-order valence-corrected chi connectivity index (χ1v) is 10.3. The van der Waals surface area contributed by atoms with E-state index in [-0.39, 0.29) is 35.3 Å². The number of carbonyl (C=O) groups excluding carboxylic acids is 3. The van der Waals surface area contributed by atoms with Crippen LogP contribution < -0.4 is 10.1 Å². The van der Waals surface area contributed by atoms with E-state index < -0.39 is 27.8 Å². The molecule has 0 radical (unpaired) electrons. The van der Waals surface area contributed by atoms with E-state index in [1.54, 1.807) is 0 Å². The molecule has 2 aromatic rings. The lowest BCUT2D eigenvalue weighted by molar-refractivity contribution is -0.384. The molecule has 0 atom stereocenters. The lowest BCUT2D eigenvalue weighted by atomic mass is 10.2. The highest BCUT2D eigenvalue weighted by Crippen LogP contribution is 2.33. The largest absolute Gasteiger partial charge is 0.484 e. The van der Waals surface area contributed by atoms with E-state index in [0.717, 1.165) is 4.90 Å². The third kappa shape index (κ3) is 5.83. The fourth-order valence-electron chi connectivity index (χ4n) is 2.64. The number of halogens is 2. The molecule has 1 heterocycles. The minimum absolute atomic E-state index is 0.00332. The van der Waals surface area contributed by atoms with Crippen LogP contribution in [0.25, 0.3) is 6.08 Å². The van der Waals surface area contributed by atoms with Crippen LogP contribution in [0.4, 0.5) is 14.9 Å². The van der Waals surface area contributed by atoms with E-state index in [2.05, 4.69) is 5.32 Å². The number of carbonyl (C=O) groups is 3. The SMILES string of the molecule is O=C(COc1ccc(F)cc1)NCCN1C(=O)S/C(=C\c2ccc(Cl)c([N+](=O)[O-])c2)C1=O. The van der Waals surface area contributed by atoms with Crippen molar-refractivity contribution >= 4 is 52.2 Å². The van der Waals surface area contributed by atoms with Gasteiger partial charge in [-0.15, -0.1) is 0 Å². The van der Waals surface area contributed by atoms with Gasteiger partial charge in [-0.1, -0.05) is 17.7 Å². The summed E-state index contributed by atoms with van der Waals surface area (Å²) in [6.07, 6.45) is 1.36. The van der Waals surface area contributed by atoms with Gasteiger partial charge in [0.25, 0.3) is 22.7 Å². The summed E-state index contributed by atoms with van der Waals surface area (Å²) in [4.78, 5) is 47.9. The predicted octanol–water partition coefficient (Wildman–Crippen LogP) is 3.62. The number of nitro benzene ring substituents is 1. The van der Waals surface area contributed by atoms with Crippen LogP contribution in [0.1, 0.15) is 5.56 Å². The fraction of sp³-hybridized carbons (Fsp3) is 0.150. The van der Waals surface area contributed by atoms with Crippen LogP contribution in [0.15, 0.2) is 47.4 Å². The van der Waals surface area contributed by atoms with Crippen molar-refractivity contribution in [3.63, 3.8) is 0 Å². The monoisotopic (exact) mass is 479 g/mol. The van der Waals surface area contributed by atoms with Crippen molar-refractivity contribution in [2.24, 2.45) is 0 Å². The molecule has 1 aliphatic heterocycles. The number of ether oxygens (including phenoxy) is 1. The number of amides is 3. The summed E-state index contributed by atoms with van der Waals surface area (Å²) in [5.74, 6) is -1.16. The fourth-order valence-corrected chi connectivity index (χ4v) is 3.69. The zero-order valence-corrected chi connectivity index (χ0v) is 17.8. The molecule has 1 fully saturated rings. The summed E-state index contributed by atoms with van der Waals surface area (Å²) >= 11 is 6.46. The standard InChI is InChI=1S/C20H15ClFN3O6S/c21-15-6-1-12(9-16(15)25(29)30)10-17-19(27)24(20(28)32-17)8-7-23-18(26)11-31-14-4-2-13(22)3-5-14/h1-6,9-10H,7-8,11H2,(H,23,26)/b17-10-. The number of imide groups is 1. The van der Waals surface area contributed by atoms with Crippen LogP contribution in [-0.4, -0.2) is 46.6 Å². The van der Waals surface area contributed by atoms with Gasteiger partial charge >= 0.3 is 0 Å². The van der Waals surface area contributed by atoms with Gasteiger partial charge in [0.2, 0.25) is 0 Å². The number of rotatable bonds is 8. The van der Waals surface area contributed by atoms with Crippen LogP contribution in [0.2, 0.25) is 5.02 Å². The number of hydrogen-bond acceptors (Lipinski definition) is 7. The van der Waals surface area contributed by atoms with Gasteiger partial charge in [-0.3, -0.25) is 29.4 Å². The number of thioether (sulfide) groups is 1. The van der Waals surface area contributed by atoms with Crippen LogP contribution in [0.3, 0.4) is 0 Å². The molecule has 2 aromatic carbocycles. The van der Waals surface area contributed by atoms with Gasteiger partial charge in [-0.25, -0.2) is 4.39 Å². The molecular formula is C20H15ClFN3O6S. The molecule has 0 unspecified atom stereocenters. The van der Waals surface area contributed by atoms with Gasteiger partial charge in [-0.2, -0.15) is 0 Å².